The molecule has 1 aromatic heterocycles. The van der Waals surface area contributed by atoms with Gasteiger partial charge in [0.1, 0.15) is 17.6 Å². The lowest BCUT2D eigenvalue weighted by atomic mass is 9.99. The van der Waals surface area contributed by atoms with Gasteiger partial charge in [0.2, 0.25) is 5.95 Å². The summed E-state index contributed by atoms with van der Waals surface area (Å²) in [7, 11) is 3.22. The third kappa shape index (κ3) is 4.00. The lowest BCUT2D eigenvalue weighted by Gasteiger charge is -2.28. The van der Waals surface area contributed by atoms with Gasteiger partial charge in [-0.15, -0.1) is 0 Å². The van der Waals surface area contributed by atoms with Gasteiger partial charge in [-0.3, -0.25) is 9.36 Å². The fraction of sp³-hybridized carbons (Fsp3) is 0.261. The number of ether oxygens (including phenoxy) is 1. The SMILES string of the molecule is COc1ccc(-c2c(-c3ccc(C#N)c(F)c3)nc(NCC3CCN3)n(C)c2=O)cc1. The van der Waals surface area contributed by atoms with Crippen molar-refractivity contribution in [2.45, 2.75) is 12.5 Å². The van der Waals surface area contributed by atoms with Crippen LogP contribution < -0.4 is 20.9 Å². The third-order valence-electron chi connectivity index (χ3n) is 5.46. The number of nitrogens with zero attached hydrogens (tertiary/aromatic N) is 3. The molecular formula is C23H22FN5O2. The zero-order valence-corrected chi connectivity index (χ0v) is 17.3. The molecule has 1 aliphatic rings. The highest BCUT2D eigenvalue weighted by Crippen LogP contribution is 2.31. The van der Waals surface area contributed by atoms with Crippen LogP contribution in [0.15, 0.2) is 47.3 Å². The van der Waals surface area contributed by atoms with Crippen LogP contribution in [0.4, 0.5) is 10.3 Å². The predicted octanol–water partition coefficient (Wildman–Crippen LogP) is 2.91. The average molecular weight is 419 g/mol. The highest BCUT2D eigenvalue weighted by Gasteiger charge is 2.21. The highest BCUT2D eigenvalue weighted by atomic mass is 19.1. The molecule has 1 atom stereocenters. The van der Waals surface area contributed by atoms with E-state index in [0.29, 0.717) is 46.7 Å². The largest absolute Gasteiger partial charge is 0.497 e. The maximum absolute atomic E-state index is 14.4. The first-order valence-corrected chi connectivity index (χ1v) is 9.94. The van der Waals surface area contributed by atoms with Crippen molar-refractivity contribution in [2.75, 3.05) is 25.5 Å². The molecule has 1 aliphatic heterocycles. The highest BCUT2D eigenvalue weighted by molar-refractivity contribution is 5.81. The molecule has 0 saturated carbocycles. The second-order valence-corrected chi connectivity index (χ2v) is 7.38. The monoisotopic (exact) mass is 419 g/mol. The van der Waals surface area contributed by atoms with Gasteiger partial charge in [0, 0.05) is 25.2 Å². The van der Waals surface area contributed by atoms with Crippen LogP contribution in [0, 0.1) is 17.1 Å². The van der Waals surface area contributed by atoms with E-state index in [1.165, 1.54) is 16.7 Å². The summed E-state index contributed by atoms with van der Waals surface area (Å²) in [6, 6.07) is 13.4. The number of halogens is 1. The maximum atomic E-state index is 14.4. The molecule has 0 spiro atoms. The molecule has 2 N–H and O–H groups in total. The molecule has 7 nitrogen and oxygen atoms in total. The van der Waals surface area contributed by atoms with Crippen LogP contribution in [0.3, 0.4) is 0 Å². The predicted molar refractivity (Wildman–Crippen MR) is 116 cm³/mol. The Morgan fingerprint density at radius 1 is 1.29 bits per heavy atom. The van der Waals surface area contributed by atoms with Crippen molar-refractivity contribution < 1.29 is 9.13 Å². The number of hydrogen-bond donors (Lipinski definition) is 2. The Balaban J connectivity index is 1.87. The van der Waals surface area contributed by atoms with E-state index in [1.54, 1.807) is 44.5 Å². The fourth-order valence-corrected chi connectivity index (χ4v) is 3.48. The third-order valence-corrected chi connectivity index (χ3v) is 5.46. The molecule has 2 aromatic carbocycles. The first-order chi connectivity index (χ1) is 15.0. The minimum absolute atomic E-state index is 0.0620. The van der Waals surface area contributed by atoms with E-state index < -0.39 is 5.82 Å². The van der Waals surface area contributed by atoms with Crippen LogP contribution in [-0.4, -0.2) is 35.8 Å². The van der Waals surface area contributed by atoms with E-state index in [0.717, 1.165) is 13.0 Å². The molecular weight excluding hydrogens is 397 g/mol. The molecule has 1 saturated heterocycles. The summed E-state index contributed by atoms with van der Waals surface area (Å²) in [6.45, 7) is 1.61. The van der Waals surface area contributed by atoms with Gasteiger partial charge in [0.15, 0.2) is 0 Å². The number of nitrogens with one attached hydrogen (secondary N) is 2. The van der Waals surface area contributed by atoms with E-state index in [4.69, 9.17) is 15.0 Å². The van der Waals surface area contributed by atoms with Crippen LogP contribution in [0.1, 0.15) is 12.0 Å². The molecule has 0 radical (unpaired) electrons. The van der Waals surface area contributed by atoms with Crippen LogP contribution in [0.5, 0.6) is 5.75 Å². The summed E-state index contributed by atoms with van der Waals surface area (Å²) < 4.78 is 21.1. The van der Waals surface area contributed by atoms with Crippen molar-refractivity contribution in [3.63, 3.8) is 0 Å². The van der Waals surface area contributed by atoms with Gasteiger partial charge in [-0.2, -0.15) is 5.26 Å². The van der Waals surface area contributed by atoms with E-state index >= 15 is 0 Å². The smallest absolute Gasteiger partial charge is 0.263 e. The van der Waals surface area contributed by atoms with Gasteiger partial charge >= 0.3 is 0 Å². The van der Waals surface area contributed by atoms with Gasteiger partial charge < -0.3 is 15.4 Å². The molecule has 8 heteroatoms. The van der Waals surface area contributed by atoms with Crippen LogP contribution in [0.25, 0.3) is 22.4 Å². The molecule has 2 heterocycles. The Hall–Kier alpha value is -3.70. The Kier molecular flexibility index (Phi) is 5.69. The average Bonchev–Trinajstić information content (AvgIpc) is 2.75. The molecule has 1 unspecified atom stereocenters. The number of rotatable bonds is 6. The second-order valence-electron chi connectivity index (χ2n) is 7.38. The summed E-state index contributed by atoms with van der Waals surface area (Å²) in [5.41, 5.74) is 1.44. The Labute approximate surface area is 179 Å². The van der Waals surface area contributed by atoms with Gasteiger partial charge in [0.05, 0.1) is 23.9 Å². The summed E-state index contributed by atoms with van der Waals surface area (Å²) in [5.74, 6) is 0.401. The van der Waals surface area contributed by atoms with Crippen molar-refractivity contribution in [2.24, 2.45) is 7.05 Å². The topological polar surface area (TPSA) is 92.0 Å². The zero-order valence-electron chi connectivity index (χ0n) is 17.3. The number of benzene rings is 2. The summed E-state index contributed by atoms with van der Waals surface area (Å²) in [6.07, 6.45) is 1.05. The van der Waals surface area contributed by atoms with Crippen molar-refractivity contribution in [1.29, 1.82) is 5.26 Å². The van der Waals surface area contributed by atoms with E-state index in [1.807, 2.05) is 6.07 Å². The van der Waals surface area contributed by atoms with E-state index in [9.17, 15) is 9.18 Å². The first kappa shape index (κ1) is 20.6. The summed E-state index contributed by atoms with van der Waals surface area (Å²) in [5, 5.41) is 15.6. The molecule has 3 aromatic rings. The summed E-state index contributed by atoms with van der Waals surface area (Å²) in [4.78, 5) is 18.1. The molecule has 0 aliphatic carbocycles. The number of methoxy groups -OCH3 is 1. The number of nitriles is 1. The minimum atomic E-state index is -0.656. The molecule has 31 heavy (non-hydrogen) atoms. The molecule has 158 valence electrons. The molecule has 0 bridgehead atoms. The Morgan fingerprint density at radius 2 is 2.00 bits per heavy atom. The van der Waals surface area contributed by atoms with Crippen molar-refractivity contribution in [3.05, 3.63) is 64.2 Å². The number of hydrogen-bond acceptors (Lipinski definition) is 6. The molecule has 4 rings (SSSR count). The number of aromatic nitrogens is 2. The number of anilines is 1. The van der Waals surface area contributed by atoms with Gasteiger partial charge in [-0.05, 0) is 42.8 Å². The first-order valence-electron chi connectivity index (χ1n) is 9.94. The van der Waals surface area contributed by atoms with E-state index in [2.05, 4.69) is 10.6 Å². The normalized spacial score (nSPS) is 15.1. The van der Waals surface area contributed by atoms with Gasteiger partial charge in [-0.1, -0.05) is 18.2 Å². The van der Waals surface area contributed by atoms with E-state index in [-0.39, 0.29) is 11.1 Å². The fourth-order valence-electron chi connectivity index (χ4n) is 3.48. The minimum Gasteiger partial charge on any atom is -0.497 e. The Bertz CT molecular complexity index is 1210. The van der Waals surface area contributed by atoms with Crippen LogP contribution >= 0.6 is 0 Å². The van der Waals surface area contributed by atoms with Crippen LogP contribution in [-0.2, 0) is 7.05 Å². The standard InChI is InChI=1S/C23H22FN5O2/c1-29-22(30)20(14-5-7-18(31-2)8-6-14)21(15-3-4-16(12-25)19(24)11-15)28-23(29)27-13-17-9-10-26-17/h3-8,11,17,26H,9-10,13H2,1-2H3,(H,27,28). The van der Waals surface area contributed by atoms with Gasteiger partial charge in [-0.25, -0.2) is 9.37 Å². The summed E-state index contributed by atoms with van der Waals surface area (Å²) >= 11 is 0. The lowest BCUT2D eigenvalue weighted by molar-refractivity contribution is 0.386. The zero-order chi connectivity index (χ0) is 22.0. The van der Waals surface area contributed by atoms with Crippen molar-refractivity contribution >= 4 is 5.95 Å². The second kappa shape index (κ2) is 8.58. The molecule has 1 fully saturated rings. The quantitative estimate of drug-likeness (QED) is 0.638. The molecule has 0 amide bonds. The van der Waals surface area contributed by atoms with Gasteiger partial charge in [0.25, 0.3) is 5.56 Å². The Morgan fingerprint density at radius 3 is 2.58 bits per heavy atom. The lowest BCUT2D eigenvalue weighted by Crippen LogP contribution is -2.47. The van der Waals surface area contributed by atoms with Crippen molar-refractivity contribution in [1.82, 2.24) is 14.9 Å². The van der Waals surface area contributed by atoms with Crippen LogP contribution in [0.2, 0.25) is 0 Å². The maximum Gasteiger partial charge on any atom is 0.263 e. The van der Waals surface area contributed by atoms with Crippen molar-refractivity contribution in [3.8, 4) is 34.2 Å².